The molecule has 0 unspecified atom stereocenters. The Balaban J connectivity index is 2.16. The fourth-order valence-corrected chi connectivity index (χ4v) is 2.49. The Morgan fingerprint density at radius 3 is 2.78 bits per heavy atom. The molecule has 2 heterocycles. The van der Waals surface area contributed by atoms with Gasteiger partial charge in [0.1, 0.15) is 11.5 Å². The van der Waals surface area contributed by atoms with Crippen molar-refractivity contribution < 1.29 is 12.8 Å². The van der Waals surface area contributed by atoms with Crippen LogP contribution < -0.4 is 10.5 Å². The minimum Gasteiger partial charge on any atom is -0.465 e. The summed E-state index contributed by atoms with van der Waals surface area (Å²) in [6, 6.07) is 6.53. The van der Waals surface area contributed by atoms with Crippen LogP contribution in [0.25, 0.3) is 0 Å². The largest absolute Gasteiger partial charge is 0.465 e. The van der Waals surface area contributed by atoms with E-state index in [1.165, 1.54) is 12.3 Å². The minimum atomic E-state index is -3.73. The molecule has 0 aliphatic carbocycles. The summed E-state index contributed by atoms with van der Waals surface area (Å²) in [5.41, 5.74) is 5.69. The highest BCUT2D eigenvalue weighted by atomic mass is 32.2. The summed E-state index contributed by atoms with van der Waals surface area (Å²) in [4.78, 5) is 3.76. The van der Waals surface area contributed by atoms with E-state index < -0.39 is 10.0 Å². The lowest BCUT2D eigenvalue weighted by atomic mass is 10.4. The van der Waals surface area contributed by atoms with Gasteiger partial charge in [-0.3, -0.25) is 0 Å². The molecule has 0 fully saturated rings. The fourth-order valence-electron chi connectivity index (χ4n) is 1.44. The van der Waals surface area contributed by atoms with Crippen LogP contribution in [-0.4, -0.2) is 13.4 Å². The molecule has 3 N–H and O–H groups in total. The number of aryl methyl sites for hydroxylation is 1. The number of aromatic nitrogens is 1. The van der Waals surface area contributed by atoms with Crippen molar-refractivity contribution in [1.29, 1.82) is 0 Å². The maximum atomic E-state index is 11.9. The van der Waals surface area contributed by atoms with Crippen LogP contribution in [0.2, 0.25) is 0 Å². The van der Waals surface area contributed by atoms with Crippen molar-refractivity contribution in [2.75, 3.05) is 5.73 Å². The van der Waals surface area contributed by atoms with E-state index >= 15 is 0 Å². The molecular formula is C11H13N3O3S. The summed E-state index contributed by atoms with van der Waals surface area (Å²) in [6.45, 7) is 1.85. The van der Waals surface area contributed by atoms with Crippen molar-refractivity contribution in [2.24, 2.45) is 0 Å². The highest BCUT2D eigenvalue weighted by Crippen LogP contribution is 2.14. The van der Waals surface area contributed by atoms with Crippen LogP contribution in [0.1, 0.15) is 11.5 Å². The lowest BCUT2D eigenvalue weighted by Gasteiger charge is -2.06. The van der Waals surface area contributed by atoms with Gasteiger partial charge < -0.3 is 10.2 Å². The van der Waals surface area contributed by atoms with Crippen molar-refractivity contribution in [2.45, 2.75) is 18.5 Å². The average Bonchev–Trinajstić information content (AvgIpc) is 2.73. The van der Waals surface area contributed by atoms with Gasteiger partial charge in [-0.2, -0.15) is 0 Å². The second-order valence-corrected chi connectivity index (χ2v) is 5.42. The number of nitrogen functional groups attached to an aromatic ring is 1. The standard InChI is InChI=1S/C11H13N3O3S/c1-8-4-5-9(17-8)7-14-18(15,16)11-10(12)3-2-6-13-11/h2-6,14H,7,12H2,1H3. The lowest BCUT2D eigenvalue weighted by Crippen LogP contribution is -2.24. The molecule has 6 nitrogen and oxygen atoms in total. The van der Waals surface area contributed by atoms with Gasteiger partial charge in [0.15, 0.2) is 5.03 Å². The predicted molar refractivity (Wildman–Crippen MR) is 66.1 cm³/mol. The normalized spacial score (nSPS) is 11.6. The van der Waals surface area contributed by atoms with E-state index in [1.807, 2.05) is 0 Å². The first-order valence-corrected chi connectivity index (χ1v) is 6.73. The second-order valence-electron chi connectivity index (χ2n) is 3.73. The Bertz CT molecular complexity index is 649. The topological polar surface area (TPSA) is 98.2 Å². The molecule has 2 aromatic heterocycles. The molecule has 2 rings (SSSR count). The number of nitrogens with two attached hydrogens (primary N) is 1. The zero-order chi connectivity index (χ0) is 13.2. The van der Waals surface area contributed by atoms with E-state index in [9.17, 15) is 8.42 Å². The molecule has 0 aliphatic heterocycles. The van der Waals surface area contributed by atoms with Gasteiger partial charge in [-0.05, 0) is 31.2 Å². The highest BCUT2D eigenvalue weighted by molar-refractivity contribution is 7.89. The van der Waals surface area contributed by atoms with Crippen molar-refractivity contribution in [3.05, 3.63) is 42.0 Å². The Morgan fingerprint density at radius 2 is 2.17 bits per heavy atom. The summed E-state index contributed by atoms with van der Waals surface area (Å²) in [5.74, 6) is 1.26. The number of anilines is 1. The average molecular weight is 267 g/mol. The summed E-state index contributed by atoms with van der Waals surface area (Å²) >= 11 is 0. The molecular weight excluding hydrogens is 254 g/mol. The van der Waals surface area contributed by atoms with Gasteiger partial charge in [0.25, 0.3) is 10.0 Å². The first kappa shape index (κ1) is 12.6. The zero-order valence-corrected chi connectivity index (χ0v) is 10.6. The third kappa shape index (κ3) is 2.69. The molecule has 0 radical (unpaired) electrons. The van der Waals surface area contributed by atoms with Crippen LogP contribution in [0.4, 0.5) is 5.69 Å². The summed E-state index contributed by atoms with van der Waals surface area (Å²) < 4.78 is 31.5. The van der Waals surface area contributed by atoms with Crippen LogP contribution in [0.15, 0.2) is 39.9 Å². The van der Waals surface area contributed by atoms with Crippen LogP contribution >= 0.6 is 0 Å². The maximum Gasteiger partial charge on any atom is 0.260 e. The molecule has 0 aliphatic rings. The summed E-state index contributed by atoms with van der Waals surface area (Å²) in [6.07, 6.45) is 1.38. The zero-order valence-electron chi connectivity index (χ0n) is 9.75. The summed E-state index contributed by atoms with van der Waals surface area (Å²) in [5, 5.41) is -0.173. The number of hydrogen-bond acceptors (Lipinski definition) is 5. The van der Waals surface area contributed by atoms with E-state index in [0.717, 1.165) is 5.76 Å². The Morgan fingerprint density at radius 1 is 1.39 bits per heavy atom. The van der Waals surface area contributed by atoms with Gasteiger partial charge in [-0.1, -0.05) is 0 Å². The van der Waals surface area contributed by atoms with Gasteiger partial charge in [0.2, 0.25) is 0 Å². The SMILES string of the molecule is Cc1ccc(CNS(=O)(=O)c2ncccc2N)o1. The predicted octanol–water partition coefficient (Wildman–Crippen LogP) is 1.04. The lowest BCUT2D eigenvalue weighted by molar-refractivity contribution is 0.475. The van der Waals surface area contributed by atoms with Gasteiger partial charge >= 0.3 is 0 Å². The number of pyridine rings is 1. The van der Waals surface area contributed by atoms with Crippen LogP contribution in [0.3, 0.4) is 0 Å². The number of hydrogen-bond donors (Lipinski definition) is 2. The van der Waals surface area contributed by atoms with Crippen LogP contribution in [0.5, 0.6) is 0 Å². The number of nitrogens with zero attached hydrogens (tertiary/aromatic N) is 1. The number of furan rings is 1. The molecule has 0 aromatic carbocycles. The van der Waals surface area contributed by atoms with Gasteiger partial charge in [0, 0.05) is 6.20 Å². The first-order valence-electron chi connectivity index (χ1n) is 5.24. The third-order valence-electron chi connectivity index (χ3n) is 2.29. The van der Waals surface area contributed by atoms with Crippen molar-refractivity contribution in [1.82, 2.24) is 9.71 Å². The second kappa shape index (κ2) is 4.79. The molecule has 0 spiro atoms. The smallest absolute Gasteiger partial charge is 0.260 e. The molecule has 0 bridgehead atoms. The number of sulfonamides is 1. The van der Waals surface area contributed by atoms with E-state index in [2.05, 4.69) is 9.71 Å². The first-order chi connectivity index (χ1) is 8.49. The van der Waals surface area contributed by atoms with Gasteiger partial charge in [-0.15, -0.1) is 0 Å². The van der Waals surface area contributed by atoms with E-state index in [-0.39, 0.29) is 17.3 Å². The Kier molecular flexibility index (Phi) is 3.35. The number of nitrogens with one attached hydrogen (secondary N) is 1. The van der Waals surface area contributed by atoms with Gasteiger partial charge in [-0.25, -0.2) is 18.1 Å². The molecule has 18 heavy (non-hydrogen) atoms. The van der Waals surface area contributed by atoms with E-state index in [4.69, 9.17) is 10.2 Å². The number of rotatable bonds is 4. The monoisotopic (exact) mass is 267 g/mol. The molecule has 2 aromatic rings. The quantitative estimate of drug-likeness (QED) is 0.862. The molecule has 7 heteroatoms. The molecule has 0 saturated carbocycles. The van der Waals surface area contributed by atoms with E-state index in [1.54, 1.807) is 25.1 Å². The van der Waals surface area contributed by atoms with Crippen molar-refractivity contribution in [3.63, 3.8) is 0 Å². The maximum absolute atomic E-state index is 11.9. The van der Waals surface area contributed by atoms with Crippen LogP contribution in [-0.2, 0) is 16.6 Å². The van der Waals surface area contributed by atoms with Crippen molar-refractivity contribution in [3.8, 4) is 0 Å². The van der Waals surface area contributed by atoms with Gasteiger partial charge in [0.05, 0.1) is 12.2 Å². The van der Waals surface area contributed by atoms with E-state index in [0.29, 0.717) is 5.76 Å². The van der Waals surface area contributed by atoms with Crippen molar-refractivity contribution >= 4 is 15.7 Å². The third-order valence-corrected chi connectivity index (χ3v) is 3.66. The Hall–Kier alpha value is -1.86. The molecule has 96 valence electrons. The minimum absolute atomic E-state index is 0.0617. The summed E-state index contributed by atoms with van der Waals surface area (Å²) in [7, 11) is -3.73. The Labute approximate surface area is 105 Å². The molecule has 0 saturated heterocycles. The fraction of sp³-hybridized carbons (Fsp3) is 0.182. The molecule has 0 atom stereocenters. The molecule has 0 amide bonds. The highest BCUT2D eigenvalue weighted by Gasteiger charge is 2.18. The van der Waals surface area contributed by atoms with Crippen LogP contribution in [0, 0.1) is 6.92 Å².